The fraction of sp³-hybridized carbons (Fsp3) is 0.545. The van der Waals surface area contributed by atoms with Crippen molar-refractivity contribution in [2.75, 3.05) is 16.8 Å². The molecule has 1 aliphatic heterocycles. The molecule has 1 saturated heterocycles. The minimum Gasteiger partial charge on any atom is -0.366 e. The van der Waals surface area contributed by atoms with Crippen LogP contribution in [0.25, 0.3) is 0 Å². The highest BCUT2D eigenvalue weighted by molar-refractivity contribution is 9.10. The minimum absolute atomic E-state index is 0.578. The monoisotopic (exact) mass is 286 g/mol. The zero-order valence-electron chi connectivity index (χ0n) is 8.79. The number of hydrogen-bond donors (Lipinski definition) is 1. The molecular formula is C11H15BrN2S. The van der Waals surface area contributed by atoms with Gasteiger partial charge in [0.25, 0.3) is 0 Å². The fourth-order valence-corrected chi connectivity index (χ4v) is 3.11. The Morgan fingerprint density at radius 1 is 1.60 bits per heavy atom. The predicted octanol–water partition coefficient (Wildman–Crippen LogP) is 3.46. The Labute approximate surface area is 103 Å². The standard InChI is InChI=1S/C11H15BrN2S/c1-8-4-5-13-11(10(8)12)14-9-3-2-6-15-7-9/h4-5,9H,2-3,6-7H2,1H3,(H,13,14). The minimum atomic E-state index is 0.578. The summed E-state index contributed by atoms with van der Waals surface area (Å²) >= 11 is 5.60. The number of halogens is 1. The van der Waals surface area contributed by atoms with Gasteiger partial charge in [0.05, 0.1) is 4.47 Å². The zero-order valence-corrected chi connectivity index (χ0v) is 11.2. The molecule has 0 saturated carbocycles. The molecule has 2 nitrogen and oxygen atoms in total. The van der Waals surface area contributed by atoms with Crippen LogP contribution < -0.4 is 5.32 Å². The number of aryl methyl sites for hydroxylation is 1. The summed E-state index contributed by atoms with van der Waals surface area (Å²) in [5.41, 5.74) is 1.23. The second-order valence-electron chi connectivity index (χ2n) is 3.85. The van der Waals surface area contributed by atoms with Crippen molar-refractivity contribution in [3.8, 4) is 0 Å². The summed E-state index contributed by atoms with van der Waals surface area (Å²) in [5, 5.41) is 3.51. The smallest absolute Gasteiger partial charge is 0.140 e. The van der Waals surface area contributed by atoms with E-state index < -0.39 is 0 Å². The molecule has 1 unspecified atom stereocenters. The number of rotatable bonds is 2. The zero-order chi connectivity index (χ0) is 10.7. The van der Waals surface area contributed by atoms with E-state index in [4.69, 9.17) is 0 Å². The van der Waals surface area contributed by atoms with Gasteiger partial charge in [-0.3, -0.25) is 0 Å². The molecule has 1 aliphatic rings. The molecule has 1 atom stereocenters. The lowest BCUT2D eigenvalue weighted by atomic mass is 10.2. The summed E-state index contributed by atoms with van der Waals surface area (Å²) in [4.78, 5) is 4.37. The Morgan fingerprint density at radius 3 is 3.20 bits per heavy atom. The third-order valence-corrected chi connectivity index (χ3v) is 4.80. The van der Waals surface area contributed by atoms with Crippen LogP contribution in [0.3, 0.4) is 0 Å². The average molecular weight is 287 g/mol. The van der Waals surface area contributed by atoms with Crippen molar-refractivity contribution in [1.29, 1.82) is 0 Å². The van der Waals surface area contributed by atoms with Crippen LogP contribution in [0.2, 0.25) is 0 Å². The second kappa shape index (κ2) is 5.21. The first-order valence-corrected chi connectivity index (χ1v) is 7.17. The van der Waals surface area contributed by atoms with Crippen molar-refractivity contribution in [1.82, 2.24) is 4.98 Å². The van der Waals surface area contributed by atoms with Gasteiger partial charge in [-0.2, -0.15) is 11.8 Å². The van der Waals surface area contributed by atoms with Crippen molar-refractivity contribution in [2.45, 2.75) is 25.8 Å². The van der Waals surface area contributed by atoms with Crippen molar-refractivity contribution >= 4 is 33.5 Å². The lowest BCUT2D eigenvalue weighted by Gasteiger charge is -2.23. The van der Waals surface area contributed by atoms with E-state index in [9.17, 15) is 0 Å². The molecule has 1 fully saturated rings. The first-order chi connectivity index (χ1) is 7.27. The molecule has 4 heteroatoms. The Morgan fingerprint density at radius 2 is 2.47 bits per heavy atom. The summed E-state index contributed by atoms with van der Waals surface area (Å²) in [5.74, 6) is 3.49. The van der Waals surface area contributed by atoms with Crippen LogP contribution in [0.5, 0.6) is 0 Å². The second-order valence-corrected chi connectivity index (χ2v) is 5.79. The third-order valence-electron chi connectivity index (χ3n) is 2.58. The normalized spacial score (nSPS) is 21.3. The molecule has 1 aromatic heterocycles. The number of thioether (sulfide) groups is 1. The number of hydrogen-bond acceptors (Lipinski definition) is 3. The maximum atomic E-state index is 4.37. The number of anilines is 1. The lowest BCUT2D eigenvalue weighted by Crippen LogP contribution is -2.26. The van der Waals surface area contributed by atoms with Crippen LogP contribution in [-0.2, 0) is 0 Å². The van der Waals surface area contributed by atoms with Crippen LogP contribution >= 0.6 is 27.7 Å². The van der Waals surface area contributed by atoms with Gasteiger partial charge in [-0.1, -0.05) is 0 Å². The van der Waals surface area contributed by atoms with Crippen molar-refractivity contribution in [3.63, 3.8) is 0 Å². The van der Waals surface area contributed by atoms with Crippen LogP contribution in [0.1, 0.15) is 18.4 Å². The lowest BCUT2D eigenvalue weighted by molar-refractivity contribution is 0.682. The molecule has 0 radical (unpaired) electrons. The van der Waals surface area contributed by atoms with E-state index in [0.717, 1.165) is 10.3 Å². The van der Waals surface area contributed by atoms with Crippen LogP contribution in [-0.4, -0.2) is 22.5 Å². The van der Waals surface area contributed by atoms with E-state index in [1.165, 1.54) is 29.9 Å². The molecule has 15 heavy (non-hydrogen) atoms. The Kier molecular flexibility index (Phi) is 3.92. The van der Waals surface area contributed by atoms with Gasteiger partial charge in [0.2, 0.25) is 0 Å². The van der Waals surface area contributed by atoms with Gasteiger partial charge in [0.1, 0.15) is 5.82 Å². The van der Waals surface area contributed by atoms with E-state index in [0.29, 0.717) is 6.04 Å². The van der Waals surface area contributed by atoms with Gasteiger partial charge in [0, 0.05) is 18.0 Å². The average Bonchev–Trinajstić information content (AvgIpc) is 2.26. The maximum Gasteiger partial charge on any atom is 0.140 e. The molecule has 0 aliphatic carbocycles. The first kappa shape index (κ1) is 11.3. The van der Waals surface area contributed by atoms with Crippen molar-refractivity contribution < 1.29 is 0 Å². The number of nitrogens with one attached hydrogen (secondary N) is 1. The molecule has 1 aromatic rings. The quantitative estimate of drug-likeness (QED) is 0.901. The molecule has 82 valence electrons. The highest BCUT2D eigenvalue weighted by atomic mass is 79.9. The van der Waals surface area contributed by atoms with Gasteiger partial charge >= 0.3 is 0 Å². The van der Waals surface area contributed by atoms with Gasteiger partial charge < -0.3 is 5.32 Å². The van der Waals surface area contributed by atoms with Crippen LogP contribution in [0.4, 0.5) is 5.82 Å². The van der Waals surface area contributed by atoms with E-state index in [-0.39, 0.29) is 0 Å². The molecule has 1 N–H and O–H groups in total. The van der Waals surface area contributed by atoms with Crippen LogP contribution in [0, 0.1) is 6.92 Å². The summed E-state index contributed by atoms with van der Waals surface area (Å²) in [6, 6.07) is 2.60. The Hall–Kier alpha value is -0.220. The Bertz CT molecular complexity index is 337. The van der Waals surface area contributed by atoms with Crippen molar-refractivity contribution in [2.24, 2.45) is 0 Å². The van der Waals surface area contributed by atoms with Crippen LogP contribution in [0.15, 0.2) is 16.7 Å². The molecule has 0 bridgehead atoms. The number of pyridine rings is 1. The summed E-state index contributed by atoms with van der Waals surface area (Å²) in [6.45, 7) is 2.09. The molecular weight excluding hydrogens is 272 g/mol. The maximum absolute atomic E-state index is 4.37. The molecule has 0 aromatic carbocycles. The third kappa shape index (κ3) is 2.88. The van der Waals surface area contributed by atoms with Crippen molar-refractivity contribution in [3.05, 3.63) is 22.3 Å². The number of nitrogens with zero attached hydrogens (tertiary/aromatic N) is 1. The SMILES string of the molecule is Cc1ccnc(NC2CCCSC2)c1Br. The highest BCUT2D eigenvalue weighted by Crippen LogP contribution is 2.26. The topological polar surface area (TPSA) is 24.9 Å². The summed E-state index contributed by atoms with van der Waals surface area (Å²) in [6.07, 6.45) is 4.43. The van der Waals surface area contributed by atoms with Gasteiger partial charge in [-0.25, -0.2) is 4.98 Å². The van der Waals surface area contributed by atoms with E-state index in [2.05, 4.69) is 33.2 Å². The highest BCUT2D eigenvalue weighted by Gasteiger charge is 2.15. The molecule has 2 rings (SSSR count). The summed E-state index contributed by atoms with van der Waals surface area (Å²) < 4.78 is 1.10. The van der Waals surface area contributed by atoms with E-state index in [1.54, 1.807) is 0 Å². The Balaban J connectivity index is 2.06. The first-order valence-electron chi connectivity index (χ1n) is 5.23. The molecule has 2 heterocycles. The molecule has 0 amide bonds. The molecule has 0 spiro atoms. The van der Waals surface area contributed by atoms with E-state index >= 15 is 0 Å². The van der Waals surface area contributed by atoms with Gasteiger partial charge in [-0.05, 0) is 53.1 Å². The van der Waals surface area contributed by atoms with E-state index in [1.807, 2.05) is 24.0 Å². The fourth-order valence-electron chi connectivity index (χ4n) is 1.69. The van der Waals surface area contributed by atoms with Gasteiger partial charge in [0.15, 0.2) is 0 Å². The summed E-state index contributed by atoms with van der Waals surface area (Å²) in [7, 11) is 0. The van der Waals surface area contributed by atoms with Gasteiger partial charge in [-0.15, -0.1) is 0 Å². The largest absolute Gasteiger partial charge is 0.366 e. The predicted molar refractivity (Wildman–Crippen MR) is 70.6 cm³/mol. The number of aromatic nitrogens is 1.